The Morgan fingerprint density at radius 1 is 1.10 bits per heavy atom. The molecule has 0 aliphatic rings. The van der Waals surface area contributed by atoms with E-state index < -0.39 is 0 Å². The van der Waals surface area contributed by atoms with E-state index in [0.717, 1.165) is 45.5 Å². The summed E-state index contributed by atoms with van der Waals surface area (Å²) < 4.78 is 13.9. The predicted molar refractivity (Wildman–Crippen MR) is 119 cm³/mol. The first-order chi connectivity index (χ1) is 14.7. The van der Waals surface area contributed by atoms with Crippen molar-refractivity contribution in [3.8, 4) is 11.4 Å². The molecule has 0 spiro atoms. The third-order valence-corrected chi connectivity index (χ3v) is 5.29. The number of nitrogens with zero attached hydrogens (tertiary/aromatic N) is 1. The number of hydrogen-bond donors (Lipinski definition) is 2. The molecule has 2 aromatic carbocycles. The molecular formula is C25H24FN3O. The van der Waals surface area contributed by atoms with Crippen molar-refractivity contribution in [3.63, 3.8) is 0 Å². The standard InChI is InChI=1S/C25H24FN3O/c1-2-17-8-3-4-10-21(17)28-24(30)12-7-9-19-20-16-18(26)13-14-22(20)29-25(19)23-11-5-6-15-27-23/h3-6,8,10-11,13-16,29H,2,7,9,12H2,1H3,(H,28,30). The van der Waals surface area contributed by atoms with E-state index in [1.165, 1.54) is 6.07 Å². The number of pyridine rings is 1. The van der Waals surface area contributed by atoms with Crippen molar-refractivity contribution < 1.29 is 9.18 Å². The average molecular weight is 401 g/mol. The molecule has 0 radical (unpaired) electrons. The van der Waals surface area contributed by atoms with Gasteiger partial charge in [-0.1, -0.05) is 31.2 Å². The average Bonchev–Trinajstić information content (AvgIpc) is 3.12. The molecule has 30 heavy (non-hydrogen) atoms. The van der Waals surface area contributed by atoms with Gasteiger partial charge in [-0.05, 0) is 66.8 Å². The number of aromatic amines is 1. The molecule has 0 fully saturated rings. The molecule has 1 amide bonds. The van der Waals surface area contributed by atoms with Crippen molar-refractivity contribution >= 4 is 22.5 Å². The minimum Gasteiger partial charge on any atom is -0.353 e. The number of hydrogen-bond acceptors (Lipinski definition) is 2. The molecule has 0 aliphatic heterocycles. The van der Waals surface area contributed by atoms with Gasteiger partial charge in [-0.25, -0.2) is 4.39 Å². The molecule has 2 aromatic heterocycles. The van der Waals surface area contributed by atoms with Gasteiger partial charge in [-0.3, -0.25) is 9.78 Å². The third kappa shape index (κ3) is 4.25. The molecule has 4 nitrogen and oxygen atoms in total. The first kappa shape index (κ1) is 19.8. The van der Waals surface area contributed by atoms with Gasteiger partial charge in [-0.2, -0.15) is 0 Å². The van der Waals surface area contributed by atoms with Crippen LogP contribution in [-0.4, -0.2) is 15.9 Å². The second-order valence-corrected chi connectivity index (χ2v) is 7.30. The van der Waals surface area contributed by atoms with Crippen LogP contribution in [0.5, 0.6) is 0 Å². The second kappa shape index (κ2) is 8.91. The summed E-state index contributed by atoms with van der Waals surface area (Å²) in [5, 5.41) is 3.86. The van der Waals surface area contributed by atoms with Gasteiger partial charge >= 0.3 is 0 Å². The van der Waals surface area contributed by atoms with Gasteiger partial charge in [0.05, 0.1) is 11.4 Å². The molecule has 2 N–H and O–H groups in total. The van der Waals surface area contributed by atoms with Crippen molar-refractivity contribution in [3.05, 3.63) is 83.8 Å². The van der Waals surface area contributed by atoms with Crippen molar-refractivity contribution in [1.82, 2.24) is 9.97 Å². The molecular weight excluding hydrogens is 377 g/mol. The Hall–Kier alpha value is -3.47. The predicted octanol–water partition coefficient (Wildman–Crippen LogP) is 5.89. The smallest absolute Gasteiger partial charge is 0.224 e. The Bertz CT molecular complexity index is 1170. The molecule has 0 aliphatic carbocycles. The number of rotatable bonds is 7. The van der Waals surface area contributed by atoms with Crippen LogP contribution in [0.2, 0.25) is 0 Å². The topological polar surface area (TPSA) is 57.8 Å². The van der Waals surface area contributed by atoms with Crippen molar-refractivity contribution in [2.24, 2.45) is 0 Å². The van der Waals surface area contributed by atoms with Crippen LogP contribution in [0.1, 0.15) is 30.9 Å². The zero-order chi connectivity index (χ0) is 20.9. The number of carbonyl (C=O) groups excluding carboxylic acids is 1. The van der Waals surface area contributed by atoms with Crippen molar-refractivity contribution in [2.75, 3.05) is 5.32 Å². The highest BCUT2D eigenvalue weighted by atomic mass is 19.1. The van der Waals surface area contributed by atoms with Crippen LogP contribution < -0.4 is 5.32 Å². The maximum Gasteiger partial charge on any atom is 0.224 e. The number of carbonyl (C=O) groups is 1. The number of H-pyrrole nitrogens is 1. The Morgan fingerprint density at radius 3 is 2.73 bits per heavy atom. The zero-order valence-corrected chi connectivity index (χ0v) is 16.9. The lowest BCUT2D eigenvalue weighted by Crippen LogP contribution is -2.12. The number of aryl methyl sites for hydroxylation is 2. The van der Waals surface area contributed by atoms with Gasteiger partial charge in [0.2, 0.25) is 5.91 Å². The first-order valence-corrected chi connectivity index (χ1v) is 10.2. The fourth-order valence-corrected chi connectivity index (χ4v) is 3.80. The van der Waals surface area contributed by atoms with Crippen LogP contribution in [0, 0.1) is 5.82 Å². The summed E-state index contributed by atoms with van der Waals surface area (Å²) in [4.78, 5) is 20.3. The summed E-state index contributed by atoms with van der Waals surface area (Å²) in [6.07, 6.45) is 4.30. The first-order valence-electron chi connectivity index (χ1n) is 10.2. The minimum absolute atomic E-state index is 0.0127. The normalized spacial score (nSPS) is 11.0. The molecule has 5 heteroatoms. The zero-order valence-electron chi connectivity index (χ0n) is 16.9. The van der Waals surface area contributed by atoms with Crippen LogP contribution in [-0.2, 0) is 17.6 Å². The van der Waals surface area contributed by atoms with Gasteiger partial charge in [0.25, 0.3) is 0 Å². The SMILES string of the molecule is CCc1ccccc1NC(=O)CCCc1c(-c2ccccn2)[nH]c2ccc(F)cc12. The van der Waals surface area contributed by atoms with E-state index in [0.29, 0.717) is 19.3 Å². The summed E-state index contributed by atoms with van der Waals surface area (Å²) >= 11 is 0. The Morgan fingerprint density at radius 2 is 1.93 bits per heavy atom. The lowest BCUT2D eigenvalue weighted by Gasteiger charge is -2.10. The van der Waals surface area contributed by atoms with E-state index in [2.05, 4.69) is 22.2 Å². The van der Waals surface area contributed by atoms with E-state index in [4.69, 9.17) is 0 Å². The van der Waals surface area contributed by atoms with Crippen molar-refractivity contribution in [1.29, 1.82) is 0 Å². The number of benzene rings is 2. The number of aromatic nitrogens is 2. The van der Waals surface area contributed by atoms with Crippen molar-refractivity contribution in [2.45, 2.75) is 32.6 Å². The fourth-order valence-electron chi connectivity index (χ4n) is 3.80. The lowest BCUT2D eigenvalue weighted by molar-refractivity contribution is -0.116. The van der Waals surface area contributed by atoms with Crippen LogP contribution in [0.3, 0.4) is 0 Å². The Kier molecular flexibility index (Phi) is 5.89. The largest absolute Gasteiger partial charge is 0.353 e. The van der Waals surface area contributed by atoms with E-state index in [9.17, 15) is 9.18 Å². The number of para-hydroxylation sites is 1. The molecule has 2 heterocycles. The molecule has 0 saturated carbocycles. The van der Waals surface area contributed by atoms with E-state index in [1.54, 1.807) is 18.3 Å². The van der Waals surface area contributed by atoms with Crippen LogP contribution >= 0.6 is 0 Å². The number of halogens is 1. The van der Waals surface area contributed by atoms with Crippen LogP contribution in [0.15, 0.2) is 66.9 Å². The van der Waals surface area contributed by atoms with Gasteiger partial charge in [0.1, 0.15) is 5.82 Å². The summed E-state index contributed by atoms with van der Waals surface area (Å²) in [6.45, 7) is 2.07. The van der Waals surface area contributed by atoms with E-state index >= 15 is 0 Å². The molecule has 0 bridgehead atoms. The highest BCUT2D eigenvalue weighted by Gasteiger charge is 2.15. The number of anilines is 1. The highest BCUT2D eigenvalue weighted by molar-refractivity contribution is 5.92. The van der Waals surface area contributed by atoms with Gasteiger partial charge < -0.3 is 10.3 Å². The summed E-state index contributed by atoms with van der Waals surface area (Å²) in [5.41, 5.74) is 5.54. The minimum atomic E-state index is -0.274. The summed E-state index contributed by atoms with van der Waals surface area (Å²) in [7, 11) is 0. The molecule has 0 saturated heterocycles. The lowest BCUT2D eigenvalue weighted by atomic mass is 10.0. The second-order valence-electron chi connectivity index (χ2n) is 7.30. The Balaban J connectivity index is 1.52. The van der Waals surface area contributed by atoms with Crippen LogP contribution in [0.4, 0.5) is 10.1 Å². The van der Waals surface area contributed by atoms with Gasteiger partial charge in [-0.15, -0.1) is 0 Å². The van der Waals surface area contributed by atoms with E-state index in [1.807, 2.05) is 42.5 Å². The monoisotopic (exact) mass is 401 g/mol. The molecule has 0 unspecified atom stereocenters. The Labute approximate surface area is 175 Å². The maximum absolute atomic E-state index is 13.9. The van der Waals surface area contributed by atoms with Gasteiger partial charge in [0.15, 0.2) is 0 Å². The maximum atomic E-state index is 13.9. The summed E-state index contributed by atoms with van der Waals surface area (Å²) in [6, 6.07) is 18.3. The molecule has 152 valence electrons. The molecule has 4 aromatic rings. The summed E-state index contributed by atoms with van der Waals surface area (Å²) in [5.74, 6) is -0.287. The highest BCUT2D eigenvalue weighted by Crippen LogP contribution is 2.31. The fraction of sp³-hybridized carbons (Fsp3) is 0.200. The number of nitrogens with one attached hydrogen (secondary N) is 2. The van der Waals surface area contributed by atoms with E-state index in [-0.39, 0.29) is 11.7 Å². The van der Waals surface area contributed by atoms with Gasteiger partial charge in [0, 0.05) is 29.2 Å². The third-order valence-electron chi connectivity index (χ3n) is 5.29. The molecule has 4 rings (SSSR count). The quantitative estimate of drug-likeness (QED) is 0.405. The molecule has 0 atom stereocenters. The van der Waals surface area contributed by atoms with Crippen LogP contribution in [0.25, 0.3) is 22.3 Å². The number of fused-ring (bicyclic) bond motifs is 1. The number of amides is 1.